The van der Waals surface area contributed by atoms with Crippen LogP contribution < -0.4 is 10.6 Å². The predicted octanol–water partition coefficient (Wildman–Crippen LogP) is 2.11. The Bertz CT molecular complexity index is 332. The van der Waals surface area contributed by atoms with Crippen LogP contribution in [0.3, 0.4) is 0 Å². The zero-order valence-electron chi connectivity index (χ0n) is 9.02. The maximum Gasteiger partial charge on any atom is 0.141 e. The third-order valence-electron chi connectivity index (χ3n) is 2.82. The van der Waals surface area contributed by atoms with E-state index in [1.807, 2.05) is 31.2 Å². The van der Waals surface area contributed by atoms with Gasteiger partial charge >= 0.3 is 0 Å². The molecule has 1 heterocycles. The van der Waals surface area contributed by atoms with E-state index in [0.29, 0.717) is 19.5 Å². The molecule has 0 aromatic heterocycles. The number of halogens is 1. The van der Waals surface area contributed by atoms with E-state index in [1.165, 1.54) is 5.56 Å². The minimum atomic E-state index is -1.08. The molecule has 0 amide bonds. The summed E-state index contributed by atoms with van der Waals surface area (Å²) < 4.78 is 14.0. The van der Waals surface area contributed by atoms with E-state index in [1.54, 1.807) is 0 Å². The quantitative estimate of drug-likeness (QED) is 0.795. The summed E-state index contributed by atoms with van der Waals surface area (Å²) in [6, 6.07) is 8.02. The SMILES string of the molecule is Cc1cccc(NCC2(F)CCNC2)c1. The molecule has 0 aliphatic carbocycles. The number of anilines is 1. The van der Waals surface area contributed by atoms with E-state index in [9.17, 15) is 4.39 Å². The molecule has 1 aliphatic rings. The second-order valence-electron chi connectivity index (χ2n) is 4.30. The Morgan fingerprint density at radius 3 is 3.07 bits per heavy atom. The Balaban J connectivity index is 1.92. The lowest BCUT2D eigenvalue weighted by atomic mass is 10.1. The van der Waals surface area contributed by atoms with Crippen molar-refractivity contribution in [1.29, 1.82) is 0 Å². The summed E-state index contributed by atoms with van der Waals surface area (Å²) in [6.07, 6.45) is 0.603. The van der Waals surface area contributed by atoms with E-state index < -0.39 is 5.67 Å². The van der Waals surface area contributed by atoms with Gasteiger partial charge in [-0.25, -0.2) is 4.39 Å². The molecule has 1 aliphatic heterocycles. The fourth-order valence-corrected chi connectivity index (χ4v) is 1.88. The van der Waals surface area contributed by atoms with Crippen LogP contribution in [0.25, 0.3) is 0 Å². The minimum absolute atomic E-state index is 0.392. The van der Waals surface area contributed by atoms with Gasteiger partial charge in [-0.3, -0.25) is 0 Å². The predicted molar refractivity (Wildman–Crippen MR) is 61.0 cm³/mol. The summed E-state index contributed by atoms with van der Waals surface area (Å²) in [6.45, 7) is 3.68. The topological polar surface area (TPSA) is 24.1 Å². The number of rotatable bonds is 3. The van der Waals surface area contributed by atoms with Crippen molar-refractivity contribution >= 4 is 5.69 Å². The molecule has 0 radical (unpaired) electrons. The van der Waals surface area contributed by atoms with Gasteiger partial charge in [0, 0.05) is 12.2 Å². The van der Waals surface area contributed by atoms with E-state index >= 15 is 0 Å². The average molecular weight is 208 g/mol. The van der Waals surface area contributed by atoms with Crippen LogP contribution in [-0.2, 0) is 0 Å². The highest BCUT2D eigenvalue weighted by atomic mass is 19.1. The molecule has 1 atom stereocenters. The van der Waals surface area contributed by atoms with Crippen molar-refractivity contribution in [3.8, 4) is 0 Å². The van der Waals surface area contributed by atoms with Gasteiger partial charge in [-0.15, -0.1) is 0 Å². The number of benzene rings is 1. The van der Waals surface area contributed by atoms with Crippen LogP contribution in [0.15, 0.2) is 24.3 Å². The number of alkyl halides is 1. The monoisotopic (exact) mass is 208 g/mol. The molecule has 2 N–H and O–H groups in total. The molecule has 1 unspecified atom stereocenters. The van der Waals surface area contributed by atoms with Crippen LogP contribution in [0, 0.1) is 6.92 Å². The van der Waals surface area contributed by atoms with Crippen molar-refractivity contribution < 1.29 is 4.39 Å². The van der Waals surface area contributed by atoms with Crippen LogP contribution in [0.5, 0.6) is 0 Å². The lowest BCUT2D eigenvalue weighted by Crippen LogP contribution is -2.34. The summed E-state index contributed by atoms with van der Waals surface area (Å²) in [5.74, 6) is 0. The third-order valence-corrected chi connectivity index (χ3v) is 2.82. The molecule has 1 fully saturated rings. The highest BCUT2D eigenvalue weighted by molar-refractivity contribution is 5.45. The lowest BCUT2D eigenvalue weighted by Gasteiger charge is -2.19. The summed E-state index contributed by atoms with van der Waals surface area (Å²) in [7, 11) is 0. The van der Waals surface area contributed by atoms with Gasteiger partial charge in [-0.1, -0.05) is 12.1 Å². The fourth-order valence-electron chi connectivity index (χ4n) is 1.88. The smallest absolute Gasteiger partial charge is 0.141 e. The van der Waals surface area contributed by atoms with Crippen molar-refractivity contribution in [2.24, 2.45) is 0 Å². The van der Waals surface area contributed by atoms with E-state index in [-0.39, 0.29) is 0 Å². The van der Waals surface area contributed by atoms with Gasteiger partial charge in [0.1, 0.15) is 5.67 Å². The molecule has 3 heteroatoms. The fraction of sp³-hybridized carbons (Fsp3) is 0.500. The molecule has 1 aromatic carbocycles. The Kier molecular flexibility index (Phi) is 2.91. The third kappa shape index (κ3) is 2.69. The van der Waals surface area contributed by atoms with Gasteiger partial charge in [0.05, 0.1) is 6.54 Å². The molecule has 0 spiro atoms. The second kappa shape index (κ2) is 4.19. The maximum absolute atomic E-state index is 14.0. The average Bonchev–Trinajstić information content (AvgIpc) is 2.63. The van der Waals surface area contributed by atoms with Gasteiger partial charge in [0.25, 0.3) is 0 Å². The molecule has 1 saturated heterocycles. The van der Waals surface area contributed by atoms with Gasteiger partial charge in [0.2, 0.25) is 0 Å². The minimum Gasteiger partial charge on any atom is -0.382 e. The first-order valence-electron chi connectivity index (χ1n) is 5.38. The molecule has 2 nitrogen and oxygen atoms in total. The Morgan fingerprint density at radius 1 is 1.53 bits per heavy atom. The maximum atomic E-state index is 14.0. The molecule has 0 saturated carbocycles. The summed E-state index contributed by atoms with van der Waals surface area (Å²) in [5.41, 5.74) is 1.11. The molecular formula is C12H17FN2. The van der Waals surface area contributed by atoms with Crippen molar-refractivity contribution in [2.45, 2.75) is 19.0 Å². The molecule has 1 aromatic rings. The van der Waals surface area contributed by atoms with Crippen LogP contribution in [0.1, 0.15) is 12.0 Å². The van der Waals surface area contributed by atoms with Crippen LogP contribution in [0.2, 0.25) is 0 Å². The number of aryl methyl sites for hydroxylation is 1. The van der Waals surface area contributed by atoms with Crippen LogP contribution in [-0.4, -0.2) is 25.3 Å². The van der Waals surface area contributed by atoms with E-state index in [2.05, 4.69) is 10.6 Å². The largest absolute Gasteiger partial charge is 0.382 e. The number of nitrogens with one attached hydrogen (secondary N) is 2. The standard InChI is InChI=1S/C12H17FN2/c1-10-3-2-4-11(7-10)15-9-12(13)5-6-14-8-12/h2-4,7,14-15H,5-6,8-9H2,1H3. The molecule has 0 bridgehead atoms. The molecular weight excluding hydrogens is 191 g/mol. The van der Waals surface area contributed by atoms with Crippen molar-refractivity contribution in [1.82, 2.24) is 5.32 Å². The normalized spacial score (nSPS) is 25.5. The first-order chi connectivity index (χ1) is 7.18. The highest BCUT2D eigenvalue weighted by Crippen LogP contribution is 2.20. The lowest BCUT2D eigenvalue weighted by molar-refractivity contribution is 0.208. The number of hydrogen-bond donors (Lipinski definition) is 2. The van der Waals surface area contributed by atoms with Gasteiger partial charge in [-0.2, -0.15) is 0 Å². The van der Waals surface area contributed by atoms with Crippen LogP contribution >= 0.6 is 0 Å². The summed E-state index contributed by atoms with van der Waals surface area (Å²) in [4.78, 5) is 0. The first-order valence-corrected chi connectivity index (χ1v) is 5.38. The first kappa shape index (κ1) is 10.4. The number of hydrogen-bond acceptors (Lipinski definition) is 2. The van der Waals surface area contributed by atoms with Gasteiger partial charge in [0.15, 0.2) is 0 Å². The molecule has 15 heavy (non-hydrogen) atoms. The van der Waals surface area contributed by atoms with Crippen LogP contribution in [0.4, 0.5) is 10.1 Å². The molecule has 2 rings (SSSR count). The van der Waals surface area contributed by atoms with Gasteiger partial charge < -0.3 is 10.6 Å². The van der Waals surface area contributed by atoms with Crippen molar-refractivity contribution in [3.05, 3.63) is 29.8 Å². The Morgan fingerprint density at radius 2 is 2.40 bits per heavy atom. The zero-order chi connectivity index (χ0) is 10.7. The van der Waals surface area contributed by atoms with Crippen molar-refractivity contribution in [2.75, 3.05) is 25.0 Å². The second-order valence-corrected chi connectivity index (χ2v) is 4.30. The zero-order valence-corrected chi connectivity index (χ0v) is 9.02. The Labute approximate surface area is 89.9 Å². The Hall–Kier alpha value is -1.09. The molecule has 82 valence electrons. The van der Waals surface area contributed by atoms with Crippen molar-refractivity contribution in [3.63, 3.8) is 0 Å². The van der Waals surface area contributed by atoms with E-state index in [4.69, 9.17) is 0 Å². The van der Waals surface area contributed by atoms with E-state index in [0.717, 1.165) is 12.2 Å². The summed E-state index contributed by atoms with van der Waals surface area (Å²) in [5, 5.41) is 6.20. The highest BCUT2D eigenvalue weighted by Gasteiger charge is 2.33. The van der Waals surface area contributed by atoms with Gasteiger partial charge in [-0.05, 0) is 37.6 Å². The summed E-state index contributed by atoms with van der Waals surface area (Å²) >= 11 is 0.